The molecule has 2 rings (SSSR count). The molecule has 0 unspecified atom stereocenters. The fraction of sp³-hybridized carbons (Fsp3) is 0.538. The molecule has 1 aliphatic heterocycles. The Morgan fingerprint density at radius 1 is 1.15 bits per heavy atom. The van der Waals surface area contributed by atoms with Crippen molar-refractivity contribution >= 4 is 11.9 Å². The number of carbonyl (C=O) groups is 2. The third-order valence-corrected chi connectivity index (χ3v) is 6.21. The zero-order chi connectivity index (χ0) is 25.6. The fourth-order valence-corrected chi connectivity index (χ4v) is 4.08. The van der Waals surface area contributed by atoms with E-state index in [2.05, 4.69) is 0 Å². The quantitative estimate of drug-likeness (QED) is 0.278. The molecule has 0 aliphatic carbocycles. The van der Waals surface area contributed by atoms with E-state index in [1.807, 2.05) is 26.8 Å². The minimum atomic E-state index is -5.04. The van der Waals surface area contributed by atoms with Crippen molar-refractivity contribution in [2.24, 2.45) is 0 Å². The number of halogens is 3. The Hall–Kier alpha value is -2.61. The van der Waals surface area contributed by atoms with Crippen LogP contribution in [0, 0.1) is 0 Å². The summed E-state index contributed by atoms with van der Waals surface area (Å²) in [7, 11) is 0.840. The molecule has 0 saturated heterocycles. The Morgan fingerprint density at radius 2 is 1.79 bits per heavy atom. The number of carbonyl (C=O) groups excluding carboxylic acids is 2. The minimum absolute atomic E-state index is 0.261. The molecule has 1 aromatic carbocycles. The number of esters is 2. The lowest BCUT2D eigenvalue weighted by atomic mass is 9.89. The lowest BCUT2D eigenvalue weighted by molar-refractivity contribution is -0.277. The van der Waals surface area contributed by atoms with Gasteiger partial charge in [-0.15, -0.1) is 0 Å². The van der Waals surface area contributed by atoms with E-state index >= 15 is 0 Å². The molecule has 3 atom stereocenters. The van der Waals surface area contributed by atoms with Gasteiger partial charge in [0.2, 0.25) is 0 Å². The number of alkyl halides is 3. The molecule has 188 valence electrons. The standard InChI is InChI=1S/C26H33F3O5/c1-6-18(16-24(9-4)17-19(7-2)22(30)34-24)15-21(8-3)33-23(31)25(32-5,26(27,28)29)20-13-11-10-12-14-20/h10-15,17,21H,6-9,16H2,1-5H3/b18-15-/t21-,24+,25-/m0/s1. The average molecular weight is 483 g/mol. The first-order valence-electron chi connectivity index (χ1n) is 11.6. The van der Waals surface area contributed by atoms with Gasteiger partial charge in [-0.3, -0.25) is 0 Å². The Kier molecular flexibility index (Phi) is 9.11. The number of cyclic esters (lactones) is 1. The number of methoxy groups -OCH3 is 1. The van der Waals surface area contributed by atoms with Crippen LogP contribution in [0.5, 0.6) is 0 Å². The summed E-state index contributed by atoms with van der Waals surface area (Å²) >= 11 is 0. The second-order valence-electron chi connectivity index (χ2n) is 8.29. The maximum Gasteiger partial charge on any atom is 0.432 e. The van der Waals surface area contributed by atoms with Crippen LogP contribution in [0.15, 0.2) is 53.6 Å². The van der Waals surface area contributed by atoms with Gasteiger partial charge in [0.25, 0.3) is 5.60 Å². The number of benzene rings is 1. The van der Waals surface area contributed by atoms with Gasteiger partial charge in [-0.1, -0.05) is 63.6 Å². The Balaban J connectivity index is 2.35. The normalized spacial score (nSPS) is 21.5. The van der Waals surface area contributed by atoms with Crippen molar-refractivity contribution in [3.05, 3.63) is 59.2 Å². The zero-order valence-electron chi connectivity index (χ0n) is 20.3. The van der Waals surface area contributed by atoms with Crippen molar-refractivity contribution in [3.63, 3.8) is 0 Å². The van der Waals surface area contributed by atoms with Crippen molar-refractivity contribution < 1.29 is 37.0 Å². The number of rotatable bonds is 11. The van der Waals surface area contributed by atoms with Crippen molar-refractivity contribution in [1.82, 2.24) is 0 Å². The first-order chi connectivity index (χ1) is 16.0. The highest BCUT2D eigenvalue weighted by molar-refractivity contribution is 5.91. The Bertz CT molecular complexity index is 922. The Morgan fingerprint density at radius 3 is 2.24 bits per heavy atom. The second-order valence-corrected chi connectivity index (χ2v) is 8.29. The molecule has 0 radical (unpaired) electrons. The van der Waals surface area contributed by atoms with E-state index in [0.29, 0.717) is 31.3 Å². The van der Waals surface area contributed by atoms with Crippen molar-refractivity contribution in [1.29, 1.82) is 0 Å². The highest BCUT2D eigenvalue weighted by Crippen LogP contribution is 2.43. The molecular weight excluding hydrogens is 449 g/mol. The molecule has 0 spiro atoms. The van der Waals surface area contributed by atoms with Gasteiger partial charge in [-0.2, -0.15) is 13.2 Å². The highest BCUT2D eigenvalue weighted by atomic mass is 19.4. The van der Waals surface area contributed by atoms with Crippen LogP contribution in [-0.2, 0) is 29.4 Å². The second kappa shape index (κ2) is 11.2. The number of hydrogen-bond donors (Lipinski definition) is 0. The van der Waals surface area contributed by atoms with Crippen LogP contribution >= 0.6 is 0 Å². The number of ether oxygens (including phenoxy) is 3. The summed E-state index contributed by atoms with van der Waals surface area (Å²) in [5, 5.41) is 0. The molecule has 0 bridgehead atoms. The van der Waals surface area contributed by atoms with Crippen LogP contribution in [-0.4, -0.2) is 36.9 Å². The lowest BCUT2D eigenvalue weighted by Crippen LogP contribution is -2.52. The summed E-state index contributed by atoms with van der Waals surface area (Å²) in [4.78, 5) is 25.1. The van der Waals surface area contributed by atoms with Crippen LogP contribution in [0.1, 0.15) is 65.4 Å². The van der Waals surface area contributed by atoms with Crippen molar-refractivity contribution in [2.45, 2.75) is 83.3 Å². The summed E-state index contributed by atoms with van der Waals surface area (Å²) < 4.78 is 58.4. The molecule has 34 heavy (non-hydrogen) atoms. The topological polar surface area (TPSA) is 61.8 Å². The van der Waals surface area contributed by atoms with Gasteiger partial charge in [0.05, 0.1) is 0 Å². The van der Waals surface area contributed by atoms with E-state index in [9.17, 15) is 22.8 Å². The van der Waals surface area contributed by atoms with Crippen LogP contribution < -0.4 is 0 Å². The predicted octanol–water partition coefficient (Wildman–Crippen LogP) is 6.18. The summed E-state index contributed by atoms with van der Waals surface area (Å²) in [6.45, 7) is 7.39. The van der Waals surface area contributed by atoms with Gasteiger partial charge in [0.15, 0.2) is 0 Å². The molecule has 0 N–H and O–H groups in total. The monoisotopic (exact) mass is 482 g/mol. The van der Waals surface area contributed by atoms with Crippen LogP contribution in [0.4, 0.5) is 13.2 Å². The largest absolute Gasteiger partial charge is 0.455 e. The van der Waals surface area contributed by atoms with E-state index in [0.717, 1.165) is 12.7 Å². The third-order valence-electron chi connectivity index (χ3n) is 6.21. The summed E-state index contributed by atoms with van der Waals surface area (Å²) in [6, 6.07) is 6.72. The van der Waals surface area contributed by atoms with E-state index in [4.69, 9.17) is 14.2 Å². The lowest BCUT2D eigenvalue weighted by Gasteiger charge is -2.33. The molecule has 0 saturated carbocycles. The number of hydrogen-bond acceptors (Lipinski definition) is 5. The molecular formula is C26H33F3O5. The van der Waals surface area contributed by atoms with Crippen molar-refractivity contribution in [2.75, 3.05) is 7.11 Å². The first kappa shape index (κ1) is 27.6. The highest BCUT2D eigenvalue weighted by Gasteiger charge is 2.64. The van der Waals surface area contributed by atoms with Gasteiger partial charge in [0.1, 0.15) is 11.7 Å². The zero-order valence-corrected chi connectivity index (χ0v) is 20.3. The molecule has 5 nitrogen and oxygen atoms in total. The van der Waals surface area contributed by atoms with Gasteiger partial charge in [-0.05, 0) is 37.8 Å². The molecule has 1 aliphatic rings. The summed E-state index contributed by atoms with van der Waals surface area (Å²) in [5.74, 6) is -1.88. The molecule has 1 heterocycles. The smallest absolute Gasteiger partial charge is 0.432 e. The van der Waals surface area contributed by atoms with E-state index in [1.54, 1.807) is 19.1 Å². The van der Waals surface area contributed by atoms with E-state index in [-0.39, 0.29) is 18.0 Å². The summed E-state index contributed by atoms with van der Waals surface area (Å²) in [5.41, 5.74) is -2.98. The van der Waals surface area contributed by atoms with E-state index in [1.165, 1.54) is 24.3 Å². The summed E-state index contributed by atoms with van der Waals surface area (Å²) in [6.07, 6.45) is -0.181. The van der Waals surface area contributed by atoms with Gasteiger partial charge < -0.3 is 14.2 Å². The molecule has 1 aromatic rings. The van der Waals surface area contributed by atoms with Crippen molar-refractivity contribution in [3.8, 4) is 0 Å². The average Bonchev–Trinajstić information content (AvgIpc) is 3.14. The SMILES string of the molecule is CCC1=C[C@@](CC)(C/C(=C\[C@H](CC)OC(=O)[C@@](OC)(c2ccccc2)C(F)(F)F)CC)OC1=O. The molecule has 0 amide bonds. The molecule has 8 heteroatoms. The molecule has 0 fully saturated rings. The maximum absolute atomic E-state index is 14.2. The fourth-order valence-electron chi connectivity index (χ4n) is 4.08. The van der Waals surface area contributed by atoms with Crippen LogP contribution in [0.25, 0.3) is 0 Å². The van der Waals surface area contributed by atoms with Crippen LogP contribution in [0.3, 0.4) is 0 Å². The van der Waals surface area contributed by atoms with Gasteiger partial charge in [-0.25, -0.2) is 9.59 Å². The molecule has 0 aromatic heterocycles. The minimum Gasteiger partial charge on any atom is -0.455 e. The third kappa shape index (κ3) is 5.54. The Labute approximate surface area is 199 Å². The first-order valence-corrected chi connectivity index (χ1v) is 11.6. The maximum atomic E-state index is 14.2. The van der Waals surface area contributed by atoms with Gasteiger partial charge >= 0.3 is 18.1 Å². The van der Waals surface area contributed by atoms with Crippen LogP contribution in [0.2, 0.25) is 0 Å². The van der Waals surface area contributed by atoms with E-state index < -0.39 is 29.5 Å². The predicted molar refractivity (Wildman–Crippen MR) is 122 cm³/mol. The van der Waals surface area contributed by atoms with Gasteiger partial charge in [0, 0.05) is 24.7 Å².